The second-order valence-electron chi connectivity index (χ2n) is 8.29. The van der Waals surface area contributed by atoms with Crippen LogP contribution in [-0.4, -0.2) is 79.8 Å². The summed E-state index contributed by atoms with van der Waals surface area (Å²) in [5, 5.41) is 0. The van der Waals surface area contributed by atoms with Crippen molar-refractivity contribution in [2.24, 2.45) is 5.92 Å². The van der Waals surface area contributed by atoms with Gasteiger partial charge in [0.05, 0.1) is 6.54 Å². The van der Waals surface area contributed by atoms with E-state index in [0.29, 0.717) is 31.3 Å². The number of carbonyl (C=O) groups excluding carboxylic acids is 1. The van der Waals surface area contributed by atoms with Crippen LogP contribution in [0.25, 0.3) is 0 Å². The van der Waals surface area contributed by atoms with Gasteiger partial charge >= 0.3 is 0 Å². The number of nitrogens with zero attached hydrogens (tertiary/aromatic N) is 3. The van der Waals surface area contributed by atoms with E-state index in [1.165, 1.54) is 31.5 Å². The number of carbonyl (C=O) groups is 1. The van der Waals surface area contributed by atoms with Crippen molar-refractivity contribution >= 4 is 5.91 Å². The summed E-state index contributed by atoms with van der Waals surface area (Å²) < 4.78 is 11.1. The van der Waals surface area contributed by atoms with Gasteiger partial charge < -0.3 is 14.4 Å². The lowest BCUT2D eigenvalue weighted by Crippen LogP contribution is -2.60. The highest BCUT2D eigenvalue weighted by Crippen LogP contribution is 2.47. The first-order valence-electron chi connectivity index (χ1n) is 9.69. The van der Waals surface area contributed by atoms with Crippen LogP contribution in [0.5, 0.6) is 11.5 Å². The fourth-order valence-electron chi connectivity index (χ4n) is 5.47. The van der Waals surface area contributed by atoms with Crippen LogP contribution in [0, 0.1) is 5.92 Å². The normalized spacial score (nSPS) is 34.8. The van der Waals surface area contributed by atoms with E-state index in [-0.39, 0.29) is 5.91 Å². The van der Waals surface area contributed by atoms with Crippen LogP contribution in [-0.2, 0) is 4.79 Å². The van der Waals surface area contributed by atoms with Gasteiger partial charge in [0.15, 0.2) is 11.5 Å². The number of hydrogen-bond acceptors (Lipinski definition) is 5. The Morgan fingerprint density at radius 2 is 1.92 bits per heavy atom. The molecule has 1 aromatic rings. The van der Waals surface area contributed by atoms with Gasteiger partial charge in [-0.15, -0.1) is 0 Å². The zero-order chi connectivity index (χ0) is 17.8. The highest BCUT2D eigenvalue weighted by Gasteiger charge is 2.53. The summed E-state index contributed by atoms with van der Waals surface area (Å²) in [6, 6.07) is 7.40. The molecule has 0 radical (unpaired) electrons. The molecule has 0 spiro atoms. The van der Waals surface area contributed by atoms with E-state index < -0.39 is 0 Å². The number of fused-ring (bicyclic) bond motifs is 3. The molecule has 6 rings (SSSR count). The highest BCUT2D eigenvalue weighted by atomic mass is 16.7. The van der Waals surface area contributed by atoms with Gasteiger partial charge in [0.2, 0.25) is 12.7 Å². The van der Waals surface area contributed by atoms with E-state index in [1.54, 1.807) is 4.90 Å². The zero-order valence-electron chi connectivity index (χ0n) is 15.6. The summed E-state index contributed by atoms with van der Waals surface area (Å²) in [7, 11) is 3.70. The lowest BCUT2D eigenvalue weighted by atomic mass is 9.75. The molecular weight excluding hydrogens is 330 g/mol. The first-order valence-corrected chi connectivity index (χ1v) is 9.69. The van der Waals surface area contributed by atoms with E-state index in [9.17, 15) is 4.79 Å². The molecule has 0 N–H and O–H groups in total. The van der Waals surface area contributed by atoms with E-state index >= 15 is 0 Å². The van der Waals surface area contributed by atoms with Gasteiger partial charge in [0.1, 0.15) is 0 Å². The lowest BCUT2D eigenvalue weighted by Gasteiger charge is -2.51. The van der Waals surface area contributed by atoms with E-state index in [4.69, 9.17) is 9.47 Å². The van der Waals surface area contributed by atoms with E-state index in [1.807, 2.05) is 20.2 Å². The Kier molecular flexibility index (Phi) is 3.87. The van der Waals surface area contributed by atoms with Crippen molar-refractivity contribution in [3.63, 3.8) is 0 Å². The van der Waals surface area contributed by atoms with Crippen LogP contribution in [0.4, 0.5) is 0 Å². The maximum atomic E-state index is 12.4. The molecule has 2 bridgehead atoms. The Morgan fingerprint density at radius 3 is 2.69 bits per heavy atom. The van der Waals surface area contributed by atoms with Crippen LogP contribution in [0.2, 0.25) is 0 Å². The summed E-state index contributed by atoms with van der Waals surface area (Å²) in [6.07, 6.45) is 2.53. The molecule has 5 aliphatic heterocycles. The molecule has 1 amide bonds. The second kappa shape index (κ2) is 6.13. The second-order valence-corrected chi connectivity index (χ2v) is 8.29. The quantitative estimate of drug-likeness (QED) is 0.818. The third kappa shape index (κ3) is 2.50. The summed E-state index contributed by atoms with van der Waals surface area (Å²) >= 11 is 0. The van der Waals surface area contributed by atoms with Crippen LogP contribution < -0.4 is 9.47 Å². The molecule has 5 aliphatic rings. The first kappa shape index (κ1) is 16.4. The van der Waals surface area contributed by atoms with Crippen molar-refractivity contribution in [2.75, 3.05) is 47.1 Å². The van der Waals surface area contributed by atoms with Crippen molar-refractivity contribution in [2.45, 2.75) is 30.8 Å². The minimum atomic E-state index is 0.200. The Morgan fingerprint density at radius 1 is 1.15 bits per heavy atom. The molecule has 1 aromatic carbocycles. The maximum absolute atomic E-state index is 12.4. The molecule has 0 aliphatic carbocycles. The summed E-state index contributed by atoms with van der Waals surface area (Å²) in [6.45, 7) is 4.18. The van der Waals surface area contributed by atoms with E-state index in [0.717, 1.165) is 24.0 Å². The standard InChI is InChI=1S/C20H27N3O3/c1-21(2)18(24)11-23-10-15(14-3-4-16-17(9-14)26-12-25-16)20-19(23)13-5-7-22(20)8-6-13/h3-4,9,13,15,19-20H,5-8,10-12H2,1-2H3/t15-,19+,20+/m0/s1. The number of hydrogen-bond donors (Lipinski definition) is 0. The Hall–Kier alpha value is -1.79. The van der Waals surface area contributed by atoms with Gasteiger partial charge in [-0.3, -0.25) is 14.6 Å². The lowest BCUT2D eigenvalue weighted by molar-refractivity contribution is -0.131. The Bertz CT molecular complexity index is 714. The minimum absolute atomic E-state index is 0.200. The van der Waals surface area contributed by atoms with Gasteiger partial charge in [0.25, 0.3) is 0 Å². The van der Waals surface area contributed by atoms with Crippen LogP contribution in [0.3, 0.4) is 0 Å². The summed E-state index contributed by atoms with van der Waals surface area (Å²) in [5.41, 5.74) is 1.32. The van der Waals surface area contributed by atoms with Gasteiger partial charge in [-0.25, -0.2) is 0 Å². The zero-order valence-corrected chi connectivity index (χ0v) is 15.6. The fraction of sp³-hybridized carbons (Fsp3) is 0.650. The average Bonchev–Trinajstić information content (AvgIpc) is 3.27. The molecule has 0 unspecified atom stereocenters. The van der Waals surface area contributed by atoms with Crippen molar-refractivity contribution in [3.8, 4) is 11.5 Å². The summed E-state index contributed by atoms with van der Waals surface area (Å²) in [5.74, 6) is 3.05. The number of rotatable bonds is 3. The predicted octanol–water partition coefficient (Wildman–Crippen LogP) is 1.37. The number of ether oxygens (including phenoxy) is 2. The monoisotopic (exact) mass is 357 g/mol. The Balaban J connectivity index is 1.47. The van der Waals surface area contributed by atoms with Gasteiger partial charge in [-0.05, 0) is 49.5 Å². The smallest absolute Gasteiger partial charge is 0.236 e. The molecule has 6 heteroatoms. The first-order chi connectivity index (χ1) is 12.6. The number of benzene rings is 1. The molecule has 3 atom stereocenters. The molecule has 0 aromatic heterocycles. The highest BCUT2D eigenvalue weighted by molar-refractivity contribution is 5.77. The van der Waals surface area contributed by atoms with Crippen molar-refractivity contribution in [1.82, 2.24) is 14.7 Å². The maximum Gasteiger partial charge on any atom is 0.236 e. The van der Waals surface area contributed by atoms with Crippen LogP contribution >= 0.6 is 0 Å². The van der Waals surface area contributed by atoms with Gasteiger partial charge in [-0.1, -0.05) is 6.07 Å². The molecule has 5 heterocycles. The molecule has 6 nitrogen and oxygen atoms in total. The third-order valence-electron chi connectivity index (χ3n) is 6.76. The van der Waals surface area contributed by atoms with Crippen molar-refractivity contribution in [1.29, 1.82) is 0 Å². The van der Waals surface area contributed by atoms with E-state index in [2.05, 4.69) is 21.9 Å². The molecule has 140 valence electrons. The predicted molar refractivity (Wildman–Crippen MR) is 97.4 cm³/mol. The number of amides is 1. The topological polar surface area (TPSA) is 45.3 Å². The average molecular weight is 357 g/mol. The number of piperidine rings is 3. The minimum Gasteiger partial charge on any atom is -0.454 e. The van der Waals surface area contributed by atoms with Crippen molar-refractivity contribution < 1.29 is 14.3 Å². The summed E-state index contributed by atoms with van der Waals surface area (Å²) in [4.78, 5) is 19.2. The van der Waals surface area contributed by atoms with Crippen LogP contribution in [0.1, 0.15) is 24.3 Å². The Labute approximate surface area is 154 Å². The molecule has 0 saturated carbocycles. The van der Waals surface area contributed by atoms with Crippen LogP contribution in [0.15, 0.2) is 18.2 Å². The van der Waals surface area contributed by atoms with Gasteiger partial charge in [0, 0.05) is 38.6 Å². The molecular formula is C20H27N3O3. The SMILES string of the molecule is CN(C)C(=O)CN1C[C@@H](c2ccc3c(c2)OCO3)[C@@H]2[C@H]1C1CCN2CC1. The molecule has 4 saturated heterocycles. The fourth-order valence-corrected chi connectivity index (χ4v) is 5.47. The third-order valence-corrected chi connectivity index (χ3v) is 6.76. The van der Waals surface area contributed by atoms with Gasteiger partial charge in [-0.2, -0.15) is 0 Å². The largest absolute Gasteiger partial charge is 0.454 e. The number of likely N-dealkylation sites (tertiary alicyclic amines) is 1. The van der Waals surface area contributed by atoms with Crippen molar-refractivity contribution in [3.05, 3.63) is 23.8 Å². The number of likely N-dealkylation sites (N-methyl/N-ethyl adjacent to an activating group) is 1. The molecule has 4 fully saturated rings. The molecule has 26 heavy (non-hydrogen) atoms.